The predicted molar refractivity (Wildman–Crippen MR) is 130 cm³/mol. The summed E-state index contributed by atoms with van der Waals surface area (Å²) in [5.41, 5.74) is 1.36. The topological polar surface area (TPSA) is 174 Å². The third-order valence-corrected chi connectivity index (χ3v) is 6.54. The van der Waals surface area contributed by atoms with Crippen LogP contribution in [0.3, 0.4) is 0 Å². The number of aromatic nitrogens is 3. The standard InChI is InChI=1S/C22H25ClFN4O9P/c1-13(2)34-19(30)14(3)36-38(32,37-15-7-5-4-6-8-15)33-12-16-18(29)22(24,9-10-23)20(35-16)28-21(31)27-17(25)11-26-28/h4-8,11,13-14,16,18,20,29H,12H2,1-3H3,(H2,25,27,31)/t14-,16+,18-,20+,22?,38?/m0/s1. The number of phosphoric acid groups is 1. The normalized spacial score (nSPS) is 25.2. The van der Waals surface area contributed by atoms with E-state index in [1.54, 1.807) is 32.0 Å². The Kier molecular flexibility index (Phi) is 9.48. The van der Waals surface area contributed by atoms with E-state index in [4.69, 9.17) is 40.4 Å². The summed E-state index contributed by atoms with van der Waals surface area (Å²) < 4.78 is 56.4. The molecule has 2 unspecified atom stereocenters. The fourth-order valence-corrected chi connectivity index (χ4v) is 4.75. The van der Waals surface area contributed by atoms with E-state index in [1.807, 2.05) is 11.3 Å². The number of para-hydroxylation sites is 1. The Hall–Kier alpha value is -3.05. The van der Waals surface area contributed by atoms with Gasteiger partial charge in [0.15, 0.2) is 6.10 Å². The molecule has 206 valence electrons. The van der Waals surface area contributed by atoms with Crippen LogP contribution in [0.15, 0.2) is 41.3 Å². The Labute approximate surface area is 221 Å². The molecule has 3 rings (SSSR count). The molecular formula is C22H25ClFN4O9P. The summed E-state index contributed by atoms with van der Waals surface area (Å²) in [6, 6.07) is 7.73. The van der Waals surface area contributed by atoms with Crippen molar-refractivity contribution >= 4 is 31.2 Å². The number of esters is 1. The molecule has 0 aliphatic carbocycles. The molecule has 38 heavy (non-hydrogen) atoms. The van der Waals surface area contributed by atoms with Crippen LogP contribution in [0.2, 0.25) is 0 Å². The van der Waals surface area contributed by atoms with Crippen LogP contribution in [-0.4, -0.2) is 62.5 Å². The highest BCUT2D eigenvalue weighted by Crippen LogP contribution is 2.52. The van der Waals surface area contributed by atoms with Gasteiger partial charge in [0.05, 0.1) is 18.9 Å². The van der Waals surface area contributed by atoms with E-state index in [2.05, 4.69) is 10.1 Å². The summed E-state index contributed by atoms with van der Waals surface area (Å²) in [7, 11) is -4.63. The minimum Gasteiger partial charge on any atom is -0.461 e. The molecular weight excluding hydrogens is 550 g/mol. The zero-order valence-corrected chi connectivity index (χ0v) is 22.0. The summed E-state index contributed by atoms with van der Waals surface area (Å²) in [6.07, 6.45) is -6.54. The molecule has 0 bridgehead atoms. The van der Waals surface area contributed by atoms with E-state index in [0.29, 0.717) is 4.68 Å². The molecule has 1 aliphatic heterocycles. The first-order valence-corrected chi connectivity index (χ1v) is 13.0. The first-order chi connectivity index (χ1) is 17.9. The number of alkyl halides is 1. The quantitative estimate of drug-likeness (QED) is 0.240. The third kappa shape index (κ3) is 6.87. The van der Waals surface area contributed by atoms with Gasteiger partial charge in [-0.1, -0.05) is 18.2 Å². The van der Waals surface area contributed by atoms with E-state index in [9.17, 15) is 19.3 Å². The average Bonchev–Trinajstić information content (AvgIpc) is 3.08. The van der Waals surface area contributed by atoms with Gasteiger partial charge >= 0.3 is 19.5 Å². The molecule has 2 aromatic rings. The molecule has 3 N–H and O–H groups in total. The number of carbonyl (C=O) groups is 1. The first kappa shape index (κ1) is 29.5. The van der Waals surface area contributed by atoms with Gasteiger partial charge in [-0.05, 0) is 50.4 Å². The Morgan fingerprint density at radius 2 is 2.05 bits per heavy atom. The van der Waals surface area contributed by atoms with Crippen LogP contribution in [0.25, 0.3) is 0 Å². The van der Waals surface area contributed by atoms with Crippen molar-refractivity contribution in [1.29, 1.82) is 0 Å². The van der Waals surface area contributed by atoms with Gasteiger partial charge in [-0.2, -0.15) is 14.8 Å². The van der Waals surface area contributed by atoms with Crippen molar-refractivity contribution in [2.75, 3.05) is 12.3 Å². The molecule has 0 spiro atoms. The van der Waals surface area contributed by atoms with Crippen LogP contribution < -0.4 is 15.9 Å². The van der Waals surface area contributed by atoms with Crippen LogP contribution in [0.5, 0.6) is 5.75 Å². The van der Waals surface area contributed by atoms with E-state index in [1.165, 1.54) is 19.1 Å². The van der Waals surface area contributed by atoms with Crippen LogP contribution >= 0.6 is 19.4 Å². The van der Waals surface area contributed by atoms with Gasteiger partial charge in [0.2, 0.25) is 11.9 Å². The lowest BCUT2D eigenvalue weighted by atomic mass is 9.97. The Morgan fingerprint density at radius 1 is 1.37 bits per heavy atom. The number of anilines is 1. The number of halogens is 2. The highest BCUT2D eigenvalue weighted by molar-refractivity contribution is 7.49. The van der Waals surface area contributed by atoms with Gasteiger partial charge in [0.25, 0.3) is 0 Å². The molecule has 6 atom stereocenters. The maximum Gasteiger partial charge on any atom is 0.530 e. The number of aliphatic hydroxyl groups is 1. The first-order valence-electron chi connectivity index (χ1n) is 11.1. The summed E-state index contributed by atoms with van der Waals surface area (Å²) in [5, 5.41) is 16.2. The summed E-state index contributed by atoms with van der Waals surface area (Å²) in [6.45, 7) is 3.68. The number of hydrogen-bond acceptors (Lipinski definition) is 12. The van der Waals surface area contributed by atoms with Gasteiger partial charge < -0.3 is 24.8 Å². The largest absolute Gasteiger partial charge is 0.530 e. The smallest absolute Gasteiger partial charge is 0.461 e. The Morgan fingerprint density at radius 3 is 2.66 bits per heavy atom. The number of aliphatic hydroxyl groups excluding tert-OH is 1. The van der Waals surface area contributed by atoms with Crippen LogP contribution in [0.4, 0.5) is 10.2 Å². The van der Waals surface area contributed by atoms with Gasteiger partial charge in [-0.3, -0.25) is 9.05 Å². The molecule has 0 saturated carbocycles. The molecule has 13 nitrogen and oxygen atoms in total. The van der Waals surface area contributed by atoms with E-state index in [0.717, 1.165) is 6.20 Å². The second-order valence-corrected chi connectivity index (χ2v) is 9.98. The molecule has 16 heteroatoms. The van der Waals surface area contributed by atoms with Gasteiger partial charge in [-0.25, -0.2) is 18.5 Å². The van der Waals surface area contributed by atoms with Crippen molar-refractivity contribution < 1.29 is 41.9 Å². The zero-order valence-electron chi connectivity index (χ0n) is 20.4. The van der Waals surface area contributed by atoms with Crippen LogP contribution in [-0.2, 0) is 27.9 Å². The average molecular weight is 575 g/mol. The fraction of sp³-hybridized carbons (Fsp3) is 0.455. The number of nitrogens with two attached hydrogens (primary N) is 1. The molecule has 0 amide bonds. The predicted octanol–water partition coefficient (Wildman–Crippen LogP) is 1.95. The van der Waals surface area contributed by atoms with E-state index >= 15 is 4.39 Å². The SMILES string of the molecule is CC(C)OC(=O)[C@H](C)OP(=O)(OC[C@H]1O[C@@H](n2ncc(N)nc2=O)C(F)(C#CCl)[C@H]1O)Oc1ccccc1. The lowest BCUT2D eigenvalue weighted by molar-refractivity contribution is -0.156. The van der Waals surface area contributed by atoms with Gasteiger partial charge in [-0.15, -0.1) is 0 Å². The highest BCUT2D eigenvalue weighted by Gasteiger charge is 2.59. The summed E-state index contributed by atoms with van der Waals surface area (Å²) in [4.78, 5) is 27.9. The number of nitrogen functional groups attached to an aromatic ring is 1. The fourth-order valence-electron chi connectivity index (χ4n) is 3.27. The van der Waals surface area contributed by atoms with E-state index < -0.39 is 62.4 Å². The zero-order chi connectivity index (χ0) is 28.1. The Bertz CT molecular complexity index is 1300. The number of nitrogens with zero attached hydrogens (tertiary/aromatic N) is 3. The number of carbonyl (C=O) groups excluding carboxylic acids is 1. The van der Waals surface area contributed by atoms with Crippen LogP contribution in [0, 0.1) is 11.3 Å². The van der Waals surface area contributed by atoms with Crippen molar-refractivity contribution in [1.82, 2.24) is 14.8 Å². The van der Waals surface area contributed by atoms with Crippen molar-refractivity contribution in [3.8, 4) is 17.0 Å². The summed E-state index contributed by atoms with van der Waals surface area (Å²) >= 11 is 5.39. The Balaban J connectivity index is 1.86. The highest BCUT2D eigenvalue weighted by atomic mass is 35.5. The van der Waals surface area contributed by atoms with Crippen molar-refractivity contribution in [2.24, 2.45) is 0 Å². The second kappa shape index (κ2) is 12.2. The number of ether oxygens (including phenoxy) is 2. The maximum atomic E-state index is 15.9. The number of rotatable bonds is 10. The van der Waals surface area contributed by atoms with E-state index in [-0.39, 0.29) is 11.6 Å². The summed E-state index contributed by atoms with van der Waals surface area (Å²) in [5.74, 6) is 0.933. The minimum atomic E-state index is -4.63. The maximum absolute atomic E-state index is 15.9. The second-order valence-electron chi connectivity index (χ2n) is 8.25. The number of phosphoric ester groups is 1. The van der Waals surface area contributed by atoms with Crippen molar-refractivity contribution in [3.05, 3.63) is 47.0 Å². The molecule has 1 aromatic carbocycles. The van der Waals surface area contributed by atoms with Gasteiger partial charge in [0.1, 0.15) is 23.8 Å². The lowest BCUT2D eigenvalue weighted by Gasteiger charge is -2.24. The van der Waals surface area contributed by atoms with Gasteiger partial charge in [0, 0.05) is 5.38 Å². The monoisotopic (exact) mass is 574 g/mol. The van der Waals surface area contributed by atoms with Crippen molar-refractivity contribution in [2.45, 2.75) is 57.1 Å². The molecule has 1 saturated heterocycles. The van der Waals surface area contributed by atoms with Crippen molar-refractivity contribution in [3.63, 3.8) is 0 Å². The van der Waals surface area contributed by atoms with Crippen LogP contribution in [0.1, 0.15) is 27.0 Å². The third-order valence-electron chi connectivity index (χ3n) is 4.97. The molecule has 1 aliphatic rings. The minimum absolute atomic E-state index is 0.0579. The molecule has 0 radical (unpaired) electrons. The number of benzene rings is 1. The lowest BCUT2D eigenvalue weighted by Crippen LogP contribution is -2.45. The molecule has 2 heterocycles. The molecule has 1 aromatic heterocycles. The number of hydrogen-bond donors (Lipinski definition) is 2. The molecule has 1 fully saturated rings.